The molecule has 0 saturated carbocycles. The first-order valence-electron chi connectivity index (χ1n) is 4.50. The zero-order valence-corrected chi connectivity index (χ0v) is 10.3. The van der Waals surface area contributed by atoms with Crippen LogP contribution in [0.4, 0.5) is 5.13 Å². The Kier molecular flexibility index (Phi) is 2.88. The number of aromatic nitrogens is 2. The fourth-order valence-corrected chi connectivity index (χ4v) is 2.34. The number of rotatable bonds is 2. The van der Waals surface area contributed by atoms with Crippen LogP contribution in [0.25, 0.3) is 10.6 Å². The minimum absolute atomic E-state index is 0.143. The van der Waals surface area contributed by atoms with Crippen molar-refractivity contribution in [1.82, 2.24) is 9.97 Å². The van der Waals surface area contributed by atoms with Gasteiger partial charge < -0.3 is 14.7 Å². The number of nitrogens with one attached hydrogen (secondary N) is 2. The highest BCUT2D eigenvalue weighted by atomic mass is 32.1. The summed E-state index contributed by atoms with van der Waals surface area (Å²) in [5.41, 5.74) is 0.798. The monoisotopic (exact) mass is 255 g/mol. The minimum Gasteiger partial charge on any atom is -0.429 e. The molecule has 0 aliphatic carbocycles. The fraction of sp³-hybridized carbons (Fsp3) is 0.222. The van der Waals surface area contributed by atoms with Gasteiger partial charge in [0.05, 0.1) is 10.6 Å². The molecule has 2 aromatic heterocycles. The third kappa shape index (κ3) is 2.20. The van der Waals surface area contributed by atoms with E-state index in [0.717, 1.165) is 10.6 Å². The predicted octanol–water partition coefficient (Wildman–Crippen LogP) is 2.73. The number of carbonyl (C=O) groups is 1. The van der Waals surface area contributed by atoms with Crippen LogP contribution in [-0.4, -0.2) is 15.9 Å². The topological polar surface area (TPSA) is 70.9 Å². The molecule has 84 valence electrons. The lowest BCUT2D eigenvalue weighted by molar-refractivity contribution is -0.114. The third-order valence-corrected chi connectivity index (χ3v) is 3.12. The van der Waals surface area contributed by atoms with Crippen LogP contribution in [0.3, 0.4) is 0 Å². The molecule has 0 fully saturated rings. The molecule has 2 aromatic rings. The van der Waals surface area contributed by atoms with Gasteiger partial charge in [-0.15, -0.1) is 0 Å². The molecule has 2 N–H and O–H groups in total. The molecule has 0 unspecified atom stereocenters. The van der Waals surface area contributed by atoms with E-state index in [9.17, 15) is 4.79 Å². The number of oxazole rings is 1. The van der Waals surface area contributed by atoms with Crippen LogP contribution in [0.5, 0.6) is 0 Å². The Morgan fingerprint density at radius 3 is 3.00 bits per heavy atom. The van der Waals surface area contributed by atoms with E-state index < -0.39 is 0 Å². The molecule has 2 heterocycles. The molecule has 16 heavy (non-hydrogen) atoms. The van der Waals surface area contributed by atoms with E-state index in [1.54, 1.807) is 6.20 Å². The van der Waals surface area contributed by atoms with E-state index in [-0.39, 0.29) is 5.91 Å². The van der Waals surface area contributed by atoms with E-state index in [2.05, 4.69) is 15.3 Å². The highest BCUT2D eigenvalue weighted by Crippen LogP contribution is 2.32. The van der Waals surface area contributed by atoms with Crippen molar-refractivity contribution >= 4 is 34.6 Å². The first-order valence-corrected chi connectivity index (χ1v) is 5.72. The SMILES string of the molecule is CC(=O)Nc1nc(C)c(-c2c[nH]c(=S)o2)s1. The van der Waals surface area contributed by atoms with Crippen LogP contribution >= 0.6 is 23.6 Å². The lowest BCUT2D eigenvalue weighted by Gasteiger charge is -1.91. The van der Waals surface area contributed by atoms with Crippen LogP contribution in [0.2, 0.25) is 0 Å². The van der Waals surface area contributed by atoms with Gasteiger partial charge in [0.1, 0.15) is 0 Å². The summed E-state index contributed by atoms with van der Waals surface area (Å²) in [6, 6.07) is 0. The molecular formula is C9H9N3O2S2. The second-order valence-corrected chi connectivity index (χ2v) is 4.53. The number of amides is 1. The molecule has 0 spiro atoms. The van der Waals surface area contributed by atoms with Gasteiger partial charge in [0.15, 0.2) is 10.9 Å². The fourth-order valence-electron chi connectivity index (χ4n) is 1.22. The van der Waals surface area contributed by atoms with Gasteiger partial charge in [-0.05, 0) is 19.1 Å². The van der Waals surface area contributed by atoms with E-state index in [0.29, 0.717) is 15.7 Å². The largest absolute Gasteiger partial charge is 0.429 e. The van der Waals surface area contributed by atoms with Crippen molar-refractivity contribution in [1.29, 1.82) is 0 Å². The summed E-state index contributed by atoms with van der Waals surface area (Å²) in [5, 5.41) is 3.19. The Morgan fingerprint density at radius 1 is 1.69 bits per heavy atom. The molecule has 0 aliphatic heterocycles. The standard InChI is InChI=1S/C9H9N3O2S2/c1-4-7(6-3-10-9(15)14-6)16-8(11-4)12-5(2)13/h3H,1-2H3,(H,10,15)(H,11,12,13). The van der Waals surface area contributed by atoms with Crippen molar-refractivity contribution in [2.75, 3.05) is 5.32 Å². The highest BCUT2D eigenvalue weighted by molar-refractivity contribution is 7.71. The smallest absolute Gasteiger partial charge is 0.266 e. The van der Waals surface area contributed by atoms with Crippen LogP contribution in [-0.2, 0) is 4.79 Å². The molecule has 1 amide bonds. The molecular weight excluding hydrogens is 246 g/mol. The Morgan fingerprint density at radius 2 is 2.44 bits per heavy atom. The van der Waals surface area contributed by atoms with Gasteiger partial charge >= 0.3 is 0 Å². The second kappa shape index (κ2) is 4.18. The van der Waals surface area contributed by atoms with Crippen LogP contribution < -0.4 is 5.32 Å². The van der Waals surface area contributed by atoms with Crippen molar-refractivity contribution < 1.29 is 9.21 Å². The molecule has 7 heteroatoms. The normalized spacial score (nSPS) is 10.4. The van der Waals surface area contributed by atoms with Gasteiger partial charge in [0.25, 0.3) is 4.84 Å². The quantitative estimate of drug-likeness (QED) is 0.809. The molecule has 5 nitrogen and oxygen atoms in total. The van der Waals surface area contributed by atoms with Crippen molar-refractivity contribution in [3.05, 3.63) is 16.7 Å². The zero-order valence-electron chi connectivity index (χ0n) is 8.66. The maximum Gasteiger partial charge on any atom is 0.266 e. The first-order chi connectivity index (χ1) is 7.56. The zero-order chi connectivity index (χ0) is 11.7. The van der Waals surface area contributed by atoms with E-state index >= 15 is 0 Å². The Hall–Kier alpha value is -1.47. The summed E-state index contributed by atoms with van der Waals surface area (Å²) in [6.45, 7) is 3.29. The summed E-state index contributed by atoms with van der Waals surface area (Å²) in [4.78, 5) is 19.1. The summed E-state index contributed by atoms with van der Waals surface area (Å²) in [7, 11) is 0. The van der Waals surface area contributed by atoms with Gasteiger partial charge in [-0.3, -0.25) is 4.79 Å². The lowest BCUT2D eigenvalue weighted by atomic mass is 10.3. The number of carbonyl (C=O) groups excluding carboxylic acids is 1. The van der Waals surface area contributed by atoms with E-state index in [4.69, 9.17) is 16.6 Å². The number of anilines is 1. The van der Waals surface area contributed by atoms with Crippen LogP contribution in [0.1, 0.15) is 12.6 Å². The van der Waals surface area contributed by atoms with Gasteiger partial charge in [0, 0.05) is 13.1 Å². The van der Waals surface area contributed by atoms with Crippen molar-refractivity contribution in [3.63, 3.8) is 0 Å². The summed E-state index contributed by atoms with van der Waals surface area (Å²) >= 11 is 6.20. The Labute approximate surface area is 101 Å². The van der Waals surface area contributed by atoms with Crippen molar-refractivity contribution in [2.24, 2.45) is 0 Å². The maximum atomic E-state index is 10.9. The predicted molar refractivity (Wildman–Crippen MR) is 64.0 cm³/mol. The average Bonchev–Trinajstić information content (AvgIpc) is 2.72. The molecule has 0 atom stereocenters. The molecule has 0 radical (unpaired) electrons. The number of aryl methyl sites for hydroxylation is 1. The van der Waals surface area contributed by atoms with E-state index in [1.807, 2.05) is 6.92 Å². The van der Waals surface area contributed by atoms with Crippen LogP contribution in [0.15, 0.2) is 10.6 Å². The van der Waals surface area contributed by atoms with Crippen LogP contribution in [0, 0.1) is 11.8 Å². The lowest BCUT2D eigenvalue weighted by Crippen LogP contribution is -2.04. The summed E-state index contributed by atoms with van der Waals surface area (Å²) < 4.78 is 5.29. The Balaban J connectivity index is 2.38. The molecule has 0 aliphatic rings. The number of hydrogen-bond donors (Lipinski definition) is 2. The summed E-state index contributed by atoms with van der Waals surface area (Å²) in [5.74, 6) is 0.492. The second-order valence-electron chi connectivity index (χ2n) is 3.16. The first kappa shape index (κ1) is 11.0. The number of nitrogens with zero attached hydrogens (tertiary/aromatic N) is 1. The maximum absolute atomic E-state index is 10.9. The van der Waals surface area contributed by atoms with Crippen molar-refractivity contribution in [2.45, 2.75) is 13.8 Å². The molecule has 0 aromatic carbocycles. The minimum atomic E-state index is -0.143. The van der Waals surface area contributed by atoms with Gasteiger partial charge in [0.2, 0.25) is 5.91 Å². The number of thiazole rings is 1. The number of hydrogen-bond acceptors (Lipinski definition) is 5. The van der Waals surface area contributed by atoms with Gasteiger partial charge in [-0.1, -0.05) is 11.3 Å². The molecule has 0 saturated heterocycles. The highest BCUT2D eigenvalue weighted by Gasteiger charge is 2.13. The number of aromatic amines is 1. The Bertz CT molecular complexity index is 582. The average molecular weight is 255 g/mol. The number of H-pyrrole nitrogens is 1. The molecule has 2 rings (SSSR count). The van der Waals surface area contributed by atoms with Gasteiger partial charge in [-0.2, -0.15) is 0 Å². The third-order valence-electron chi connectivity index (χ3n) is 1.83. The molecule has 0 bridgehead atoms. The van der Waals surface area contributed by atoms with Crippen molar-refractivity contribution in [3.8, 4) is 10.6 Å². The van der Waals surface area contributed by atoms with Gasteiger partial charge in [-0.25, -0.2) is 4.98 Å². The van der Waals surface area contributed by atoms with E-state index in [1.165, 1.54) is 18.3 Å². The summed E-state index contributed by atoms with van der Waals surface area (Å²) in [6.07, 6.45) is 1.68.